The first-order valence-electron chi connectivity index (χ1n) is 8.85. The zero-order valence-electron chi connectivity index (χ0n) is 15.2. The third-order valence-corrected chi connectivity index (χ3v) is 4.72. The highest BCUT2D eigenvalue weighted by Gasteiger charge is 2.47. The molecular weight excluding hydrogens is 356 g/mol. The maximum absolute atomic E-state index is 12.8. The zero-order valence-corrected chi connectivity index (χ0v) is 15.2. The van der Waals surface area contributed by atoms with E-state index in [1.54, 1.807) is 67.8 Å². The summed E-state index contributed by atoms with van der Waals surface area (Å²) in [6.45, 7) is 1.98. The summed E-state index contributed by atoms with van der Waals surface area (Å²) in [5, 5.41) is 10.9. The van der Waals surface area contributed by atoms with Gasteiger partial charge in [-0.3, -0.25) is 14.6 Å². The van der Waals surface area contributed by atoms with E-state index < -0.39 is 17.7 Å². The molecule has 1 amide bonds. The molecule has 140 valence electrons. The van der Waals surface area contributed by atoms with Gasteiger partial charge in [0.1, 0.15) is 23.3 Å². The Morgan fingerprint density at radius 2 is 1.79 bits per heavy atom. The highest BCUT2D eigenvalue weighted by Crippen LogP contribution is 2.40. The van der Waals surface area contributed by atoms with Crippen LogP contribution in [0.3, 0.4) is 0 Å². The fraction of sp³-hybridized carbons (Fsp3) is 0.136. The minimum atomic E-state index is -0.804. The number of hydrogen-bond donors (Lipinski definition) is 1. The van der Waals surface area contributed by atoms with E-state index in [1.165, 1.54) is 4.90 Å². The largest absolute Gasteiger partial charge is 0.507 e. The van der Waals surface area contributed by atoms with Crippen molar-refractivity contribution in [1.29, 1.82) is 0 Å². The number of ketones is 1. The molecule has 0 radical (unpaired) electrons. The zero-order chi connectivity index (χ0) is 19.7. The number of amides is 1. The lowest BCUT2D eigenvalue weighted by Crippen LogP contribution is -2.29. The fourth-order valence-electron chi connectivity index (χ4n) is 3.38. The quantitative estimate of drug-likeness (QED) is 0.428. The van der Waals surface area contributed by atoms with Gasteiger partial charge < -0.3 is 14.4 Å². The first-order chi connectivity index (χ1) is 13.6. The Kier molecular flexibility index (Phi) is 4.53. The molecule has 0 bridgehead atoms. The summed E-state index contributed by atoms with van der Waals surface area (Å²) in [5.41, 5.74) is 1.32. The molecular formula is C22H18N2O4. The number of benzene rings is 1. The van der Waals surface area contributed by atoms with Crippen molar-refractivity contribution in [3.05, 3.63) is 95.2 Å². The average molecular weight is 374 g/mol. The second-order valence-electron chi connectivity index (χ2n) is 6.60. The Morgan fingerprint density at radius 3 is 2.43 bits per heavy atom. The van der Waals surface area contributed by atoms with Gasteiger partial charge in [0.2, 0.25) is 0 Å². The molecule has 1 unspecified atom stereocenters. The van der Waals surface area contributed by atoms with Crippen molar-refractivity contribution < 1.29 is 19.1 Å². The van der Waals surface area contributed by atoms with E-state index in [2.05, 4.69) is 4.98 Å². The Balaban J connectivity index is 1.85. The Labute approximate surface area is 161 Å². The number of carbonyl (C=O) groups is 2. The molecule has 0 spiro atoms. The van der Waals surface area contributed by atoms with E-state index in [0.29, 0.717) is 17.1 Å². The minimum Gasteiger partial charge on any atom is -0.507 e. The Morgan fingerprint density at radius 1 is 1.07 bits per heavy atom. The molecule has 6 nitrogen and oxygen atoms in total. The topological polar surface area (TPSA) is 83.6 Å². The van der Waals surface area contributed by atoms with E-state index >= 15 is 0 Å². The molecule has 4 rings (SSSR count). The summed E-state index contributed by atoms with van der Waals surface area (Å²) < 4.78 is 5.74. The standard InChI is InChI=1S/C22H18N2O4/c1-14-7-8-17(28-14)19-18(20(25)16-5-3-2-4-6-16)21(26)22(27)24(19)13-15-9-11-23-12-10-15/h2-12,19,25H,13H2,1H3/b20-18-. The minimum absolute atomic E-state index is 0.0274. The lowest BCUT2D eigenvalue weighted by atomic mass is 9.99. The highest BCUT2D eigenvalue weighted by atomic mass is 16.3. The first kappa shape index (κ1) is 17.7. The number of furan rings is 1. The number of carbonyl (C=O) groups excluding carboxylic acids is 2. The van der Waals surface area contributed by atoms with Crippen LogP contribution in [-0.2, 0) is 16.1 Å². The molecule has 28 heavy (non-hydrogen) atoms. The highest BCUT2D eigenvalue weighted by molar-refractivity contribution is 6.46. The predicted molar refractivity (Wildman–Crippen MR) is 102 cm³/mol. The fourth-order valence-corrected chi connectivity index (χ4v) is 3.38. The van der Waals surface area contributed by atoms with Gasteiger partial charge in [0.25, 0.3) is 11.7 Å². The van der Waals surface area contributed by atoms with Gasteiger partial charge >= 0.3 is 0 Å². The van der Waals surface area contributed by atoms with E-state index in [-0.39, 0.29) is 17.9 Å². The monoisotopic (exact) mass is 374 g/mol. The lowest BCUT2D eigenvalue weighted by molar-refractivity contribution is -0.140. The second kappa shape index (κ2) is 7.15. The van der Waals surface area contributed by atoms with Gasteiger partial charge in [-0.2, -0.15) is 0 Å². The van der Waals surface area contributed by atoms with E-state index in [0.717, 1.165) is 5.56 Å². The molecule has 1 aromatic carbocycles. The molecule has 1 aliphatic heterocycles. The maximum atomic E-state index is 12.8. The summed E-state index contributed by atoms with van der Waals surface area (Å²) in [6.07, 6.45) is 3.25. The molecule has 2 aromatic heterocycles. The van der Waals surface area contributed by atoms with Crippen molar-refractivity contribution in [2.24, 2.45) is 0 Å². The molecule has 0 aliphatic carbocycles. The van der Waals surface area contributed by atoms with Gasteiger partial charge in [-0.25, -0.2) is 0 Å². The second-order valence-corrected chi connectivity index (χ2v) is 6.60. The number of hydrogen-bond acceptors (Lipinski definition) is 5. The Bertz CT molecular complexity index is 1050. The predicted octanol–water partition coefficient (Wildman–Crippen LogP) is 3.60. The maximum Gasteiger partial charge on any atom is 0.296 e. The van der Waals surface area contributed by atoms with E-state index in [9.17, 15) is 14.7 Å². The number of rotatable bonds is 4. The molecule has 3 heterocycles. The van der Waals surface area contributed by atoms with Crippen molar-refractivity contribution in [3.63, 3.8) is 0 Å². The van der Waals surface area contributed by atoms with Gasteiger partial charge in [0, 0.05) is 24.5 Å². The molecule has 6 heteroatoms. The molecule has 1 fully saturated rings. The smallest absolute Gasteiger partial charge is 0.296 e. The Hall–Kier alpha value is -3.67. The molecule has 1 aliphatic rings. The number of aliphatic hydroxyl groups excluding tert-OH is 1. The van der Waals surface area contributed by atoms with Crippen LogP contribution in [-0.4, -0.2) is 26.7 Å². The van der Waals surface area contributed by atoms with E-state index in [4.69, 9.17) is 4.42 Å². The van der Waals surface area contributed by atoms with Crippen LogP contribution in [0.15, 0.2) is 77.0 Å². The van der Waals surface area contributed by atoms with E-state index in [1.807, 2.05) is 6.07 Å². The summed E-state index contributed by atoms with van der Waals surface area (Å²) >= 11 is 0. The van der Waals surface area contributed by atoms with Gasteiger partial charge in [0.05, 0.1) is 5.57 Å². The number of aliphatic hydroxyl groups is 1. The SMILES string of the molecule is Cc1ccc(C2/C(=C(/O)c3ccccc3)C(=O)C(=O)N2Cc2ccncc2)o1. The molecule has 1 N–H and O–H groups in total. The van der Waals surface area contributed by atoms with Crippen molar-refractivity contribution in [3.8, 4) is 0 Å². The number of likely N-dealkylation sites (tertiary alicyclic amines) is 1. The van der Waals surface area contributed by atoms with Crippen LogP contribution in [0.4, 0.5) is 0 Å². The van der Waals surface area contributed by atoms with Gasteiger partial charge in [-0.15, -0.1) is 0 Å². The van der Waals surface area contributed by atoms with Crippen LogP contribution < -0.4 is 0 Å². The van der Waals surface area contributed by atoms with Crippen LogP contribution in [0.1, 0.15) is 28.7 Å². The normalized spacial score (nSPS) is 18.6. The summed E-state index contributed by atoms with van der Waals surface area (Å²) in [6, 6.07) is 15.0. The van der Waals surface area contributed by atoms with Crippen LogP contribution >= 0.6 is 0 Å². The van der Waals surface area contributed by atoms with Crippen LogP contribution in [0.5, 0.6) is 0 Å². The number of pyridine rings is 1. The average Bonchev–Trinajstić information content (AvgIpc) is 3.25. The molecule has 0 saturated carbocycles. The molecule has 1 atom stereocenters. The molecule has 1 saturated heterocycles. The van der Waals surface area contributed by atoms with Crippen LogP contribution in [0.25, 0.3) is 5.76 Å². The summed E-state index contributed by atoms with van der Waals surface area (Å²) in [5.74, 6) is -0.523. The van der Waals surface area contributed by atoms with Crippen molar-refractivity contribution >= 4 is 17.4 Å². The third kappa shape index (κ3) is 3.09. The third-order valence-electron chi connectivity index (χ3n) is 4.72. The summed E-state index contributed by atoms with van der Waals surface area (Å²) in [7, 11) is 0. The lowest BCUT2D eigenvalue weighted by Gasteiger charge is -2.23. The van der Waals surface area contributed by atoms with Gasteiger partial charge in [-0.05, 0) is 36.8 Å². The number of aryl methyl sites for hydroxylation is 1. The number of nitrogens with zero attached hydrogens (tertiary/aromatic N) is 2. The van der Waals surface area contributed by atoms with Crippen LogP contribution in [0.2, 0.25) is 0 Å². The number of Topliss-reactive ketones (excluding diaryl/α,β-unsaturated/α-hetero) is 1. The number of aromatic nitrogens is 1. The van der Waals surface area contributed by atoms with Crippen molar-refractivity contribution in [2.75, 3.05) is 0 Å². The van der Waals surface area contributed by atoms with Gasteiger partial charge in [0.15, 0.2) is 0 Å². The van der Waals surface area contributed by atoms with Crippen LogP contribution in [0, 0.1) is 6.92 Å². The molecule has 3 aromatic rings. The first-order valence-corrected chi connectivity index (χ1v) is 8.85. The van der Waals surface area contributed by atoms with Crippen molar-refractivity contribution in [2.45, 2.75) is 19.5 Å². The van der Waals surface area contributed by atoms with Crippen molar-refractivity contribution in [1.82, 2.24) is 9.88 Å². The van der Waals surface area contributed by atoms with Gasteiger partial charge in [-0.1, -0.05) is 30.3 Å². The summed E-state index contributed by atoms with van der Waals surface area (Å²) in [4.78, 5) is 31.1.